The van der Waals surface area contributed by atoms with Gasteiger partial charge < -0.3 is 15.2 Å². The second-order valence-corrected chi connectivity index (χ2v) is 7.14. The first kappa shape index (κ1) is 22.9. The third-order valence-corrected chi connectivity index (χ3v) is 4.39. The zero-order chi connectivity index (χ0) is 21.9. The van der Waals surface area contributed by atoms with Crippen LogP contribution >= 0.6 is 0 Å². The van der Waals surface area contributed by atoms with Crippen LogP contribution in [0.5, 0.6) is 0 Å². The first-order valence-electron chi connectivity index (χ1n) is 9.66. The molecule has 0 bridgehead atoms. The Balaban J connectivity index is 2.01. The molecule has 4 N–H and O–H groups in total. The third kappa shape index (κ3) is 7.56. The quantitative estimate of drug-likeness (QED) is 0.444. The van der Waals surface area contributed by atoms with Crippen LogP contribution in [0.1, 0.15) is 25.0 Å². The molecule has 2 atom stereocenters. The highest BCUT2D eigenvalue weighted by Crippen LogP contribution is 2.06. The van der Waals surface area contributed by atoms with E-state index in [1.54, 1.807) is 13.8 Å². The van der Waals surface area contributed by atoms with Crippen molar-refractivity contribution >= 4 is 18.0 Å². The maximum absolute atomic E-state index is 12.7. The van der Waals surface area contributed by atoms with Crippen LogP contribution in [0.25, 0.3) is 0 Å². The number of rotatable bonds is 10. The van der Waals surface area contributed by atoms with E-state index in [4.69, 9.17) is 4.74 Å². The lowest BCUT2D eigenvalue weighted by Gasteiger charge is -2.22. The van der Waals surface area contributed by atoms with Crippen molar-refractivity contribution in [1.29, 1.82) is 0 Å². The molecule has 8 nitrogen and oxygen atoms in total. The first-order valence-corrected chi connectivity index (χ1v) is 9.66. The lowest BCUT2D eigenvalue weighted by atomic mass is 10.1. The normalized spacial score (nSPS) is 12.6. The highest BCUT2D eigenvalue weighted by Gasteiger charge is 2.26. The van der Waals surface area contributed by atoms with E-state index in [0.717, 1.165) is 11.1 Å². The first-order chi connectivity index (χ1) is 14.4. The Morgan fingerprint density at radius 1 is 0.933 bits per heavy atom. The summed E-state index contributed by atoms with van der Waals surface area (Å²) in [5, 5.41) is 11.8. The van der Waals surface area contributed by atoms with Crippen molar-refractivity contribution in [3.8, 4) is 0 Å². The van der Waals surface area contributed by atoms with Gasteiger partial charge in [-0.15, -0.1) is 0 Å². The van der Waals surface area contributed by atoms with Crippen molar-refractivity contribution in [2.24, 2.45) is 5.92 Å². The number of alkyl carbamates (subject to hydrolysis) is 1. The molecular weight excluding hydrogens is 386 g/mol. The molecular formula is C22H27N3O5. The van der Waals surface area contributed by atoms with E-state index in [1.165, 1.54) is 0 Å². The minimum atomic E-state index is -1.08. The summed E-state index contributed by atoms with van der Waals surface area (Å²) in [5.74, 6) is -1.90. The van der Waals surface area contributed by atoms with Gasteiger partial charge in [-0.05, 0) is 17.0 Å². The molecule has 0 unspecified atom stereocenters. The molecule has 0 saturated heterocycles. The van der Waals surface area contributed by atoms with E-state index >= 15 is 0 Å². The maximum Gasteiger partial charge on any atom is 0.408 e. The molecule has 2 amide bonds. The third-order valence-electron chi connectivity index (χ3n) is 4.39. The number of hydrazine groups is 1. The SMILES string of the molecule is CC(C)[C@H](NNC(=O)[C@H](Cc1ccccc1)NC(=O)OCc1ccccc1)C(=O)O. The van der Waals surface area contributed by atoms with E-state index in [1.807, 2.05) is 60.7 Å². The summed E-state index contributed by atoms with van der Waals surface area (Å²) in [5.41, 5.74) is 6.58. The van der Waals surface area contributed by atoms with Crippen LogP contribution in [0.2, 0.25) is 0 Å². The summed E-state index contributed by atoms with van der Waals surface area (Å²) >= 11 is 0. The molecule has 0 aromatic heterocycles. The second kappa shape index (κ2) is 11.6. The zero-order valence-corrected chi connectivity index (χ0v) is 17.0. The highest BCUT2D eigenvalue weighted by molar-refractivity contribution is 5.86. The second-order valence-electron chi connectivity index (χ2n) is 7.14. The summed E-state index contributed by atoms with van der Waals surface area (Å²) in [6.45, 7) is 3.51. The summed E-state index contributed by atoms with van der Waals surface area (Å²) < 4.78 is 5.20. The predicted molar refractivity (Wildman–Crippen MR) is 111 cm³/mol. The Hall–Kier alpha value is -3.39. The van der Waals surface area contributed by atoms with E-state index in [2.05, 4.69) is 16.2 Å². The molecule has 2 aromatic carbocycles. The smallest absolute Gasteiger partial charge is 0.408 e. The van der Waals surface area contributed by atoms with E-state index in [0.29, 0.717) is 0 Å². The number of amides is 2. The fourth-order valence-electron chi connectivity index (χ4n) is 2.72. The maximum atomic E-state index is 12.7. The molecule has 160 valence electrons. The molecule has 0 heterocycles. The summed E-state index contributed by atoms with van der Waals surface area (Å²) in [6.07, 6.45) is -0.526. The summed E-state index contributed by atoms with van der Waals surface area (Å²) in [6, 6.07) is 16.4. The lowest BCUT2D eigenvalue weighted by molar-refractivity contribution is -0.141. The molecule has 0 aliphatic heterocycles. The van der Waals surface area contributed by atoms with Crippen LogP contribution in [-0.4, -0.2) is 35.2 Å². The minimum Gasteiger partial charge on any atom is -0.480 e. The number of carboxylic acids is 1. The van der Waals surface area contributed by atoms with Gasteiger partial charge in [-0.1, -0.05) is 74.5 Å². The molecule has 0 fully saturated rings. The van der Waals surface area contributed by atoms with Crippen LogP contribution in [-0.2, 0) is 27.4 Å². The fraction of sp³-hybridized carbons (Fsp3) is 0.318. The number of ether oxygens (including phenoxy) is 1. The summed E-state index contributed by atoms with van der Waals surface area (Å²) in [7, 11) is 0. The van der Waals surface area contributed by atoms with Gasteiger partial charge in [0.1, 0.15) is 18.7 Å². The number of hydrogen-bond acceptors (Lipinski definition) is 5. The van der Waals surface area contributed by atoms with Gasteiger partial charge in [-0.25, -0.2) is 10.2 Å². The Kier molecular flexibility index (Phi) is 8.83. The van der Waals surface area contributed by atoms with Crippen molar-refractivity contribution in [2.75, 3.05) is 0 Å². The van der Waals surface area contributed by atoms with Gasteiger partial charge in [-0.2, -0.15) is 0 Å². The molecule has 0 radical (unpaired) electrons. The topological polar surface area (TPSA) is 117 Å². The Morgan fingerprint density at radius 2 is 1.50 bits per heavy atom. The van der Waals surface area contributed by atoms with Crippen molar-refractivity contribution in [2.45, 2.75) is 39.0 Å². The average molecular weight is 413 g/mol. The predicted octanol–water partition coefficient (Wildman–Crippen LogP) is 2.25. The molecule has 2 aromatic rings. The Morgan fingerprint density at radius 3 is 2.03 bits per heavy atom. The monoisotopic (exact) mass is 413 g/mol. The fourth-order valence-corrected chi connectivity index (χ4v) is 2.72. The van der Waals surface area contributed by atoms with Crippen LogP contribution in [0, 0.1) is 5.92 Å². The van der Waals surface area contributed by atoms with Crippen LogP contribution in [0.15, 0.2) is 60.7 Å². The zero-order valence-electron chi connectivity index (χ0n) is 17.0. The van der Waals surface area contributed by atoms with Crippen LogP contribution < -0.4 is 16.2 Å². The molecule has 0 aliphatic carbocycles. The van der Waals surface area contributed by atoms with E-state index in [9.17, 15) is 19.5 Å². The number of hydrogen-bond donors (Lipinski definition) is 4. The van der Waals surface area contributed by atoms with E-state index in [-0.39, 0.29) is 18.9 Å². The molecule has 30 heavy (non-hydrogen) atoms. The molecule has 0 saturated carbocycles. The summed E-state index contributed by atoms with van der Waals surface area (Å²) in [4.78, 5) is 36.2. The lowest BCUT2D eigenvalue weighted by Crippen LogP contribution is -2.56. The minimum absolute atomic E-state index is 0.0685. The average Bonchev–Trinajstić information content (AvgIpc) is 2.73. The van der Waals surface area contributed by atoms with Gasteiger partial charge >= 0.3 is 12.1 Å². The molecule has 2 rings (SSSR count). The Labute approximate surface area is 175 Å². The van der Waals surface area contributed by atoms with Crippen molar-refractivity contribution in [1.82, 2.24) is 16.2 Å². The van der Waals surface area contributed by atoms with Gasteiger partial charge in [0.05, 0.1) is 0 Å². The molecule has 8 heteroatoms. The van der Waals surface area contributed by atoms with Crippen molar-refractivity contribution in [3.63, 3.8) is 0 Å². The number of carbonyl (C=O) groups is 3. The standard InChI is InChI=1S/C22H27N3O5/c1-15(2)19(21(27)28)24-25-20(26)18(13-16-9-5-3-6-10-16)23-22(29)30-14-17-11-7-4-8-12-17/h3-12,15,18-19,24H,13-14H2,1-2H3,(H,23,29)(H,25,26)(H,27,28)/t18-,19-/m0/s1. The van der Waals surface area contributed by atoms with E-state index < -0.39 is 30.1 Å². The highest BCUT2D eigenvalue weighted by atomic mass is 16.5. The number of aliphatic carboxylic acids is 1. The van der Waals surface area contributed by atoms with Crippen molar-refractivity contribution < 1.29 is 24.2 Å². The number of benzene rings is 2. The Bertz CT molecular complexity index is 827. The largest absolute Gasteiger partial charge is 0.480 e. The van der Waals surface area contributed by atoms with Gasteiger partial charge in [-0.3, -0.25) is 15.0 Å². The van der Waals surface area contributed by atoms with Gasteiger partial charge in [0.25, 0.3) is 5.91 Å². The van der Waals surface area contributed by atoms with Gasteiger partial charge in [0.15, 0.2) is 0 Å². The number of nitrogens with one attached hydrogen (secondary N) is 3. The number of carbonyl (C=O) groups excluding carboxylic acids is 2. The number of carboxylic acid groups (broad SMARTS) is 1. The van der Waals surface area contributed by atoms with Crippen LogP contribution in [0.4, 0.5) is 4.79 Å². The molecule has 0 aliphatic rings. The molecule has 0 spiro atoms. The van der Waals surface area contributed by atoms with Crippen molar-refractivity contribution in [3.05, 3.63) is 71.8 Å². The van der Waals surface area contributed by atoms with Gasteiger partial charge in [0, 0.05) is 6.42 Å². The van der Waals surface area contributed by atoms with Crippen LogP contribution in [0.3, 0.4) is 0 Å². The van der Waals surface area contributed by atoms with Gasteiger partial charge in [0.2, 0.25) is 0 Å².